The van der Waals surface area contributed by atoms with Gasteiger partial charge in [0.25, 0.3) is 6.43 Å². The van der Waals surface area contributed by atoms with Crippen LogP contribution in [0.2, 0.25) is 0 Å². The van der Waals surface area contributed by atoms with Crippen LogP contribution in [0.15, 0.2) is 15.1 Å². The number of ether oxygens (including phenoxy) is 1. The van der Waals surface area contributed by atoms with Gasteiger partial charge in [-0.15, -0.1) is 0 Å². The van der Waals surface area contributed by atoms with Gasteiger partial charge in [-0.1, -0.05) is 0 Å². The van der Waals surface area contributed by atoms with Crippen LogP contribution in [-0.4, -0.2) is 17.6 Å². The minimum absolute atomic E-state index is 0.0460. The Hall–Kier alpha value is -0.560. The van der Waals surface area contributed by atoms with Crippen molar-refractivity contribution >= 4 is 37.8 Å². The molecular formula is C9H7Br2F2NO2. The van der Waals surface area contributed by atoms with E-state index in [-0.39, 0.29) is 26.8 Å². The van der Waals surface area contributed by atoms with Crippen molar-refractivity contribution < 1.29 is 18.3 Å². The highest BCUT2D eigenvalue weighted by molar-refractivity contribution is 9.11. The third-order valence-corrected chi connectivity index (χ3v) is 3.13. The second-order valence-corrected chi connectivity index (χ2v) is 4.35. The number of nitrogens with zero attached hydrogens (tertiary/aromatic N) is 1. The molecule has 0 N–H and O–H groups in total. The molecule has 0 radical (unpaired) electrons. The highest BCUT2D eigenvalue weighted by Gasteiger charge is 2.23. The van der Waals surface area contributed by atoms with Gasteiger partial charge in [0, 0.05) is 10.7 Å². The summed E-state index contributed by atoms with van der Waals surface area (Å²) in [5, 5.41) is 0. The predicted octanol–water partition coefficient (Wildman–Crippen LogP) is 3.72. The van der Waals surface area contributed by atoms with Gasteiger partial charge < -0.3 is 4.74 Å². The number of esters is 1. The molecule has 88 valence electrons. The standard InChI is InChI=1S/C9H7Br2F2NO2/c1-2-16-9(15)7-6(11)5(8(12)13)4(10)3-14-7/h3,8H,2H2,1H3. The zero-order valence-corrected chi connectivity index (χ0v) is 11.3. The summed E-state index contributed by atoms with van der Waals surface area (Å²) in [6.45, 7) is 1.78. The molecule has 0 aliphatic carbocycles. The maximum Gasteiger partial charge on any atom is 0.358 e. The monoisotopic (exact) mass is 357 g/mol. The van der Waals surface area contributed by atoms with Gasteiger partial charge in [0.2, 0.25) is 0 Å². The van der Waals surface area contributed by atoms with E-state index in [1.165, 1.54) is 0 Å². The van der Waals surface area contributed by atoms with E-state index in [1.807, 2.05) is 0 Å². The van der Waals surface area contributed by atoms with E-state index < -0.39 is 12.4 Å². The van der Waals surface area contributed by atoms with Crippen LogP contribution in [0.1, 0.15) is 29.4 Å². The summed E-state index contributed by atoms with van der Waals surface area (Å²) in [7, 11) is 0. The van der Waals surface area contributed by atoms with Gasteiger partial charge in [-0.2, -0.15) is 0 Å². The Morgan fingerprint density at radius 1 is 1.56 bits per heavy atom. The van der Waals surface area contributed by atoms with Crippen molar-refractivity contribution in [2.24, 2.45) is 0 Å². The quantitative estimate of drug-likeness (QED) is 0.773. The molecule has 0 bridgehead atoms. The fourth-order valence-electron chi connectivity index (χ4n) is 1.02. The first-order chi connectivity index (χ1) is 7.49. The van der Waals surface area contributed by atoms with Crippen molar-refractivity contribution in [3.63, 3.8) is 0 Å². The normalized spacial score (nSPS) is 10.6. The van der Waals surface area contributed by atoms with Gasteiger partial charge in [-0.05, 0) is 38.8 Å². The third-order valence-electron chi connectivity index (χ3n) is 1.70. The zero-order valence-electron chi connectivity index (χ0n) is 8.14. The molecule has 3 nitrogen and oxygen atoms in total. The zero-order chi connectivity index (χ0) is 12.3. The van der Waals surface area contributed by atoms with Crippen molar-refractivity contribution in [1.29, 1.82) is 0 Å². The van der Waals surface area contributed by atoms with E-state index >= 15 is 0 Å². The van der Waals surface area contributed by atoms with Gasteiger partial charge in [0.15, 0.2) is 5.69 Å². The molecule has 0 fully saturated rings. The number of hydrogen-bond donors (Lipinski definition) is 0. The molecule has 0 amide bonds. The van der Waals surface area contributed by atoms with Crippen LogP contribution in [0.25, 0.3) is 0 Å². The van der Waals surface area contributed by atoms with E-state index in [4.69, 9.17) is 4.74 Å². The first kappa shape index (κ1) is 13.5. The fraction of sp³-hybridized carbons (Fsp3) is 0.333. The van der Waals surface area contributed by atoms with Gasteiger partial charge in [-0.25, -0.2) is 18.6 Å². The number of hydrogen-bond acceptors (Lipinski definition) is 3. The molecular weight excluding hydrogens is 352 g/mol. The van der Waals surface area contributed by atoms with Crippen LogP contribution in [0.3, 0.4) is 0 Å². The minimum atomic E-state index is -2.71. The first-order valence-corrected chi connectivity index (χ1v) is 5.86. The molecule has 0 atom stereocenters. The van der Waals surface area contributed by atoms with Crippen LogP contribution in [0.5, 0.6) is 0 Å². The Balaban J connectivity index is 3.23. The van der Waals surface area contributed by atoms with E-state index in [0.29, 0.717) is 0 Å². The Morgan fingerprint density at radius 3 is 2.69 bits per heavy atom. The summed E-state index contributed by atoms with van der Waals surface area (Å²) < 4.78 is 30.1. The number of halogens is 4. The lowest BCUT2D eigenvalue weighted by atomic mass is 10.2. The summed E-state index contributed by atoms with van der Waals surface area (Å²) in [6, 6.07) is 0. The second-order valence-electron chi connectivity index (χ2n) is 2.70. The molecule has 0 aliphatic heterocycles. The smallest absolute Gasteiger partial charge is 0.358 e. The maximum absolute atomic E-state index is 12.7. The summed E-state index contributed by atoms with van der Waals surface area (Å²) >= 11 is 5.88. The minimum Gasteiger partial charge on any atom is -0.461 e. The van der Waals surface area contributed by atoms with Crippen molar-refractivity contribution in [3.8, 4) is 0 Å². The number of rotatable bonds is 3. The van der Waals surface area contributed by atoms with Gasteiger partial charge in [0.1, 0.15) is 0 Å². The molecule has 16 heavy (non-hydrogen) atoms. The number of aromatic nitrogens is 1. The van der Waals surface area contributed by atoms with Crippen LogP contribution >= 0.6 is 31.9 Å². The average molecular weight is 359 g/mol. The molecule has 1 rings (SSSR count). The van der Waals surface area contributed by atoms with E-state index in [0.717, 1.165) is 6.20 Å². The van der Waals surface area contributed by atoms with Gasteiger partial charge in [0.05, 0.1) is 16.6 Å². The Morgan fingerprint density at radius 2 is 2.19 bits per heavy atom. The Kier molecular flexibility index (Phi) is 4.79. The molecule has 1 heterocycles. The first-order valence-electron chi connectivity index (χ1n) is 4.28. The molecule has 0 unspecified atom stereocenters. The lowest BCUT2D eigenvalue weighted by Crippen LogP contribution is -2.09. The molecule has 0 spiro atoms. The second kappa shape index (κ2) is 5.67. The summed E-state index contributed by atoms with van der Waals surface area (Å²) in [6.07, 6.45) is -1.56. The van der Waals surface area contributed by atoms with Crippen molar-refractivity contribution in [2.45, 2.75) is 13.3 Å². The topological polar surface area (TPSA) is 39.2 Å². The Bertz CT molecular complexity index is 413. The van der Waals surface area contributed by atoms with E-state index in [9.17, 15) is 13.6 Å². The molecule has 1 aromatic rings. The number of carbonyl (C=O) groups excluding carboxylic acids is 1. The molecule has 1 aromatic heterocycles. The Labute approximate surface area is 107 Å². The van der Waals surface area contributed by atoms with E-state index in [2.05, 4.69) is 36.8 Å². The van der Waals surface area contributed by atoms with Gasteiger partial charge >= 0.3 is 5.97 Å². The SMILES string of the molecule is CCOC(=O)c1ncc(Br)c(C(F)F)c1Br. The molecule has 0 saturated carbocycles. The van der Waals surface area contributed by atoms with Crippen LogP contribution in [0, 0.1) is 0 Å². The number of carbonyl (C=O) groups is 1. The highest BCUT2D eigenvalue weighted by atomic mass is 79.9. The largest absolute Gasteiger partial charge is 0.461 e. The van der Waals surface area contributed by atoms with E-state index in [1.54, 1.807) is 6.92 Å². The van der Waals surface area contributed by atoms with Crippen LogP contribution in [0.4, 0.5) is 8.78 Å². The number of alkyl halides is 2. The maximum atomic E-state index is 12.7. The summed E-state index contributed by atoms with van der Waals surface area (Å²) in [5.74, 6) is -0.733. The fourth-order valence-corrected chi connectivity index (χ4v) is 2.41. The predicted molar refractivity (Wildman–Crippen MR) is 60.6 cm³/mol. The third kappa shape index (κ3) is 2.76. The highest BCUT2D eigenvalue weighted by Crippen LogP contribution is 2.35. The van der Waals surface area contributed by atoms with Gasteiger partial charge in [-0.3, -0.25) is 0 Å². The molecule has 0 saturated heterocycles. The number of pyridine rings is 1. The summed E-state index contributed by atoms with van der Waals surface area (Å²) in [4.78, 5) is 15.1. The van der Waals surface area contributed by atoms with Crippen LogP contribution < -0.4 is 0 Å². The molecule has 7 heteroatoms. The summed E-state index contributed by atoms with van der Waals surface area (Å²) in [5.41, 5.74) is -0.460. The average Bonchev–Trinajstić information content (AvgIpc) is 2.17. The van der Waals surface area contributed by atoms with Crippen LogP contribution in [-0.2, 0) is 4.74 Å². The lowest BCUT2D eigenvalue weighted by Gasteiger charge is -2.09. The van der Waals surface area contributed by atoms with Crippen molar-refractivity contribution in [2.75, 3.05) is 6.61 Å². The lowest BCUT2D eigenvalue weighted by molar-refractivity contribution is 0.0517. The molecule has 0 aliphatic rings. The molecule has 0 aromatic carbocycles. The van der Waals surface area contributed by atoms with Crippen molar-refractivity contribution in [3.05, 3.63) is 26.4 Å². The van der Waals surface area contributed by atoms with Crippen molar-refractivity contribution in [1.82, 2.24) is 4.98 Å².